The topological polar surface area (TPSA) is 47.4 Å². The summed E-state index contributed by atoms with van der Waals surface area (Å²) in [5.41, 5.74) is 2.98. The average molecular weight is 328 g/mol. The van der Waals surface area contributed by atoms with E-state index in [0.29, 0.717) is 0 Å². The van der Waals surface area contributed by atoms with Crippen LogP contribution in [0, 0.1) is 13.8 Å². The fourth-order valence-corrected chi connectivity index (χ4v) is 2.04. The molecule has 5 nitrogen and oxygen atoms in total. The summed E-state index contributed by atoms with van der Waals surface area (Å²) in [6.45, 7) is 9.73. The number of para-hydroxylation sites is 1. The molecule has 2 amide bonds. The average Bonchev–Trinajstić information content (AvgIpc) is 2.47. The van der Waals surface area contributed by atoms with E-state index in [1.165, 1.54) is 0 Å². The third-order valence-electron chi connectivity index (χ3n) is 3.62. The van der Waals surface area contributed by atoms with Crippen molar-refractivity contribution in [3.8, 4) is 0 Å². The smallest absolute Gasteiger partial charge is 0.294 e. The summed E-state index contributed by atoms with van der Waals surface area (Å²) in [6, 6.07) is 5.75. The Balaban J connectivity index is 0.00000441. The van der Waals surface area contributed by atoms with Crippen LogP contribution in [0.25, 0.3) is 0 Å². The molecular formula is C16H28ClN4O+. The van der Waals surface area contributed by atoms with Gasteiger partial charge in [-0.25, -0.2) is 4.79 Å². The molecule has 22 heavy (non-hydrogen) atoms. The number of nitrogens with zero attached hydrogens (tertiary/aromatic N) is 2. The molecule has 0 aliphatic heterocycles. The zero-order valence-corrected chi connectivity index (χ0v) is 15.2. The second kappa shape index (κ2) is 9.30. The van der Waals surface area contributed by atoms with Gasteiger partial charge in [-0.05, 0) is 38.8 Å². The molecule has 0 atom stereocenters. The molecule has 0 spiro atoms. The van der Waals surface area contributed by atoms with Crippen LogP contribution in [-0.4, -0.2) is 48.7 Å². The van der Waals surface area contributed by atoms with Crippen LogP contribution < -0.4 is 10.6 Å². The molecule has 6 heteroatoms. The number of carbonyl (C=O) groups is 1. The zero-order valence-electron chi connectivity index (χ0n) is 14.4. The Morgan fingerprint density at radius 2 is 1.77 bits per heavy atom. The normalized spacial score (nSPS) is 11.2. The van der Waals surface area contributed by atoms with Crippen LogP contribution in [0.2, 0.25) is 0 Å². The van der Waals surface area contributed by atoms with E-state index in [9.17, 15) is 4.79 Å². The predicted molar refractivity (Wildman–Crippen MR) is 95.4 cm³/mol. The van der Waals surface area contributed by atoms with Crippen molar-refractivity contribution in [2.45, 2.75) is 27.7 Å². The summed E-state index contributed by atoms with van der Waals surface area (Å²) >= 11 is 0. The van der Waals surface area contributed by atoms with Gasteiger partial charge in [-0.2, -0.15) is 5.32 Å². The summed E-state index contributed by atoms with van der Waals surface area (Å²) in [6.07, 6.45) is 0. The number of urea groups is 1. The van der Waals surface area contributed by atoms with Crippen LogP contribution in [0.1, 0.15) is 25.0 Å². The second-order valence-corrected chi connectivity index (χ2v) is 5.20. The number of hydrogen-bond acceptors (Lipinski definition) is 1. The first kappa shape index (κ1) is 20.2. The van der Waals surface area contributed by atoms with Crippen LogP contribution in [-0.2, 0) is 0 Å². The summed E-state index contributed by atoms with van der Waals surface area (Å²) in [5, 5.41) is 5.88. The van der Waals surface area contributed by atoms with Crippen LogP contribution in [0.5, 0.6) is 0 Å². The lowest BCUT2D eigenvalue weighted by molar-refractivity contribution is -0.500. The largest absolute Gasteiger partial charge is 0.384 e. The Morgan fingerprint density at radius 1 is 1.23 bits per heavy atom. The first-order chi connectivity index (χ1) is 9.90. The van der Waals surface area contributed by atoms with Crippen molar-refractivity contribution >= 4 is 30.1 Å². The van der Waals surface area contributed by atoms with Gasteiger partial charge in [0.25, 0.3) is 0 Å². The monoisotopic (exact) mass is 327 g/mol. The molecule has 0 radical (unpaired) electrons. The molecule has 0 aliphatic rings. The highest BCUT2D eigenvalue weighted by Gasteiger charge is 2.19. The third-order valence-corrected chi connectivity index (χ3v) is 3.62. The summed E-state index contributed by atoms with van der Waals surface area (Å²) < 4.78 is 2.01. The van der Waals surface area contributed by atoms with E-state index >= 15 is 0 Å². The van der Waals surface area contributed by atoms with Gasteiger partial charge in [0, 0.05) is 5.69 Å². The molecule has 0 heterocycles. The number of carbonyl (C=O) groups excluding carboxylic acids is 1. The molecule has 0 saturated carbocycles. The Hall–Kier alpha value is -1.75. The van der Waals surface area contributed by atoms with E-state index in [0.717, 1.165) is 35.9 Å². The van der Waals surface area contributed by atoms with Crippen molar-refractivity contribution in [2.24, 2.45) is 0 Å². The highest BCUT2D eigenvalue weighted by atomic mass is 35.5. The number of hydrogen-bond donors (Lipinski definition) is 2. The van der Waals surface area contributed by atoms with Gasteiger partial charge in [-0.1, -0.05) is 18.2 Å². The first-order valence-corrected chi connectivity index (χ1v) is 7.34. The molecule has 1 aromatic rings. The van der Waals surface area contributed by atoms with Crippen molar-refractivity contribution in [3.05, 3.63) is 29.3 Å². The summed E-state index contributed by atoms with van der Waals surface area (Å²) in [5.74, 6) is 0.795. The standard InChI is InChI=1S/C16H26N4O.ClH/c1-7-19(5)16(20(6)8-2)18-15(21)17-14-12(3)10-9-11-13(14)4;/h9-11H,7-8H2,1-6H3,(H,17,21);1H/p+1. The zero-order chi connectivity index (χ0) is 16.0. The van der Waals surface area contributed by atoms with Crippen LogP contribution in [0.4, 0.5) is 10.5 Å². The number of nitrogens with one attached hydrogen (secondary N) is 2. The minimum atomic E-state index is -0.219. The van der Waals surface area contributed by atoms with Gasteiger partial charge in [0.2, 0.25) is 0 Å². The molecule has 1 aromatic carbocycles. The first-order valence-electron chi connectivity index (χ1n) is 7.34. The maximum Gasteiger partial charge on any atom is 0.384 e. The van der Waals surface area contributed by atoms with E-state index in [-0.39, 0.29) is 18.4 Å². The van der Waals surface area contributed by atoms with Crippen molar-refractivity contribution < 1.29 is 9.37 Å². The molecule has 0 unspecified atom stereocenters. The second-order valence-electron chi connectivity index (χ2n) is 5.20. The minimum Gasteiger partial charge on any atom is -0.294 e. The highest BCUT2D eigenvalue weighted by Crippen LogP contribution is 2.18. The van der Waals surface area contributed by atoms with Crippen LogP contribution >= 0.6 is 12.4 Å². The molecule has 0 aromatic heterocycles. The lowest BCUT2D eigenvalue weighted by Crippen LogP contribution is -2.48. The number of anilines is 1. The molecule has 2 N–H and O–H groups in total. The number of halogens is 1. The summed E-state index contributed by atoms with van der Waals surface area (Å²) in [4.78, 5) is 14.3. The molecule has 0 aliphatic carbocycles. The molecule has 0 bridgehead atoms. The SMILES string of the molecule is CCN(C)C(NC(=O)Nc1c(C)cccc1C)=[N+](C)CC.Cl. The molecular weight excluding hydrogens is 300 g/mol. The van der Waals surface area contributed by atoms with E-state index in [4.69, 9.17) is 0 Å². The van der Waals surface area contributed by atoms with Gasteiger partial charge in [0.15, 0.2) is 0 Å². The van der Waals surface area contributed by atoms with Crippen molar-refractivity contribution in [1.29, 1.82) is 0 Å². The molecule has 0 saturated heterocycles. The molecule has 0 fully saturated rings. The van der Waals surface area contributed by atoms with Crippen LogP contribution in [0.15, 0.2) is 18.2 Å². The molecule has 124 valence electrons. The Morgan fingerprint density at radius 3 is 2.23 bits per heavy atom. The Bertz CT molecular complexity index is 523. The number of rotatable bonds is 3. The van der Waals surface area contributed by atoms with Crippen molar-refractivity contribution in [2.75, 3.05) is 32.5 Å². The third kappa shape index (κ3) is 5.22. The van der Waals surface area contributed by atoms with Crippen molar-refractivity contribution in [1.82, 2.24) is 10.2 Å². The lowest BCUT2D eigenvalue weighted by atomic mass is 10.1. The maximum absolute atomic E-state index is 12.3. The molecule has 1 rings (SSSR count). The highest BCUT2D eigenvalue weighted by molar-refractivity contribution is 6.01. The van der Waals surface area contributed by atoms with Crippen LogP contribution in [0.3, 0.4) is 0 Å². The maximum atomic E-state index is 12.3. The summed E-state index contributed by atoms with van der Waals surface area (Å²) in [7, 11) is 3.92. The van der Waals surface area contributed by atoms with E-state index < -0.39 is 0 Å². The number of guanidine groups is 1. The minimum absolute atomic E-state index is 0. The van der Waals surface area contributed by atoms with Gasteiger partial charge in [-0.3, -0.25) is 14.8 Å². The van der Waals surface area contributed by atoms with Gasteiger partial charge in [0.1, 0.15) is 0 Å². The quantitative estimate of drug-likeness (QED) is 0.509. The number of amides is 2. The van der Waals surface area contributed by atoms with Crippen molar-refractivity contribution in [3.63, 3.8) is 0 Å². The number of aryl methyl sites for hydroxylation is 2. The van der Waals surface area contributed by atoms with Gasteiger partial charge >= 0.3 is 12.0 Å². The van der Waals surface area contributed by atoms with E-state index in [2.05, 4.69) is 24.5 Å². The fourth-order valence-electron chi connectivity index (χ4n) is 2.04. The lowest BCUT2D eigenvalue weighted by Gasteiger charge is -2.17. The van der Waals surface area contributed by atoms with E-state index in [1.807, 2.05) is 55.6 Å². The number of benzene rings is 1. The van der Waals surface area contributed by atoms with Gasteiger partial charge < -0.3 is 0 Å². The Kier molecular flexibility index (Phi) is 8.56. The predicted octanol–water partition coefficient (Wildman–Crippen LogP) is 2.82. The fraction of sp³-hybridized carbons (Fsp3) is 0.500. The van der Waals surface area contributed by atoms with Gasteiger partial charge in [-0.15, -0.1) is 12.4 Å². The van der Waals surface area contributed by atoms with Gasteiger partial charge in [0.05, 0.1) is 27.2 Å². The Labute approximate surface area is 139 Å². The van der Waals surface area contributed by atoms with E-state index in [1.54, 1.807) is 0 Å².